The Morgan fingerprint density at radius 3 is 2.31 bits per heavy atom. The van der Waals surface area contributed by atoms with E-state index in [4.69, 9.17) is 4.74 Å². The van der Waals surface area contributed by atoms with Gasteiger partial charge in [0, 0.05) is 19.5 Å². The molecular formula is C20H18F2N2O5. The van der Waals surface area contributed by atoms with Crippen molar-refractivity contribution in [3.05, 3.63) is 59.2 Å². The van der Waals surface area contributed by atoms with Gasteiger partial charge in [0.15, 0.2) is 11.5 Å². The van der Waals surface area contributed by atoms with Crippen LogP contribution in [0.2, 0.25) is 0 Å². The van der Waals surface area contributed by atoms with E-state index in [1.165, 1.54) is 25.3 Å². The molecule has 2 aromatic rings. The fraction of sp³-hybridized carbons (Fsp3) is 0.250. The van der Waals surface area contributed by atoms with Crippen molar-refractivity contribution in [1.29, 1.82) is 0 Å². The molecule has 0 fully saturated rings. The number of alkyl halides is 2. The molecule has 0 bridgehead atoms. The number of carbonyl (C=O) groups is 3. The van der Waals surface area contributed by atoms with Crippen LogP contribution in [0.15, 0.2) is 42.5 Å². The Bertz CT molecular complexity index is 913. The highest BCUT2D eigenvalue weighted by Crippen LogP contribution is 2.29. The summed E-state index contributed by atoms with van der Waals surface area (Å²) in [6.45, 7) is -2.90. The van der Waals surface area contributed by atoms with Gasteiger partial charge in [-0.2, -0.15) is 8.78 Å². The first-order valence-electron chi connectivity index (χ1n) is 8.74. The van der Waals surface area contributed by atoms with Crippen LogP contribution in [0.1, 0.15) is 32.7 Å². The Kier molecular flexibility index (Phi) is 6.06. The maximum Gasteiger partial charge on any atom is 0.387 e. The molecule has 0 aliphatic carbocycles. The van der Waals surface area contributed by atoms with Crippen LogP contribution in [0.25, 0.3) is 0 Å². The second-order valence-electron chi connectivity index (χ2n) is 6.20. The number of rotatable bonds is 8. The largest absolute Gasteiger partial charge is 0.493 e. The number of hydrogen-bond acceptors (Lipinski definition) is 5. The van der Waals surface area contributed by atoms with Gasteiger partial charge in [-0.3, -0.25) is 19.3 Å². The van der Waals surface area contributed by atoms with Crippen molar-refractivity contribution in [1.82, 2.24) is 10.2 Å². The SMILES string of the molecule is COc1cc(CNC(=O)CCN2C(=O)c3ccccc3C2=O)ccc1OC(F)F. The monoisotopic (exact) mass is 404 g/mol. The van der Waals surface area contributed by atoms with E-state index < -0.39 is 18.4 Å². The average molecular weight is 404 g/mol. The number of nitrogens with zero attached hydrogens (tertiary/aromatic N) is 1. The lowest BCUT2D eigenvalue weighted by Gasteiger charge is -2.14. The van der Waals surface area contributed by atoms with E-state index in [0.717, 1.165) is 4.90 Å². The molecule has 0 radical (unpaired) electrons. The van der Waals surface area contributed by atoms with Crippen molar-refractivity contribution in [2.24, 2.45) is 0 Å². The Hall–Kier alpha value is -3.49. The number of ether oxygens (including phenoxy) is 2. The molecule has 0 saturated heterocycles. The van der Waals surface area contributed by atoms with Crippen LogP contribution in [-0.2, 0) is 11.3 Å². The molecular weight excluding hydrogens is 386 g/mol. The van der Waals surface area contributed by atoms with Gasteiger partial charge in [-0.05, 0) is 29.8 Å². The van der Waals surface area contributed by atoms with Crippen LogP contribution in [0.5, 0.6) is 11.5 Å². The molecule has 0 unspecified atom stereocenters. The van der Waals surface area contributed by atoms with Gasteiger partial charge in [0.2, 0.25) is 5.91 Å². The van der Waals surface area contributed by atoms with Gasteiger partial charge in [0.05, 0.1) is 18.2 Å². The average Bonchev–Trinajstić information content (AvgIpc) is 2.95. The smallest absolute Gasteiger partial charge is 0.387 e. The van der Waals surface area contributed by atoms with E-state index in [9.17, 15) is 23.2 Å². The predicted octanol–water partition coefficient (Wildman–Crippen LogP) is 2.60. The molecule has 9 heteroatoms. The predicted molar refractivity (Wildman–Crippen MR) is 97.9 cm³/mol. The van der Waals surface area contributed by atoms with Gasteiger partial charge >= 0.3 is 6.61 Å². The molecule has 1 N–H and O–H groups in total. The zero-order valence-corrected chi connectivity index (χ0v) is 15.5. The van der Waals surface area contributed by atoms with Gasteiger partial charge in [-0.25, -0.2) is 0 Å². The van der Waals surface area contributed by atoms with Crippen molar-refractivity contribution in [2.75, 3.05) is 13.7 Å². The molecule has 7 nitrogen and oxygen atoms in total. The molecule has 1 heterocycles. The quantitative estimate of drug-likeness (QED) is 0.684. The molecule has 1 aliphatic rings. The number of hydrogen-bond donors (Lipinski definition) is 1. The molecule has 0 atom stereocenters. The minimum atomic E-state index is -2.98. The van der Waals surface area contributed by atoms with Crippen LogP contribution < -0.4 is 14.8 Å². The highest BCUT2D eigenvalue weighted by atomic mass is 19.3. The van der Waals surface area contributed by atoms with E-state index in [1.54, 1.807) is 24.3 Å². The molecule has 2 aromatic carbocycles. The van der Waals surface area contributed by atoms with Gasteiger partial charge < -0.3 is 14.8 Å². The van der Waals surface area contributed by atoms with Gasteiger partial charge in [0.1, 0.15) is 0 Å². The van der Waals surface area contributed by atoms with Crippen LogP contribution in [0.4, 0.5) is 8.78 Å². The van der Waals surface area contributed by atoms with Crippen molar-refractivity contribution in [3.8, 4) is 11.5 Å². The highest BCUT2D eigenvalue weighted by Gasteiger charge is 2.34. The topological polar surface area (TPSA) is 84.9 Å². The van der Waals surface area contributed by atoms with Crippen molar-refractivity contribution >= 4 is 17.7 Å². The number of methoxy groups -OCH3 is 1. The molecule has 1 aliphatic heterocycles. The number of fused-ring (bicyclic) bond motifs is 1. The van der Waals surface area contributed by atoms with E-state index in [1.807, 2.05) is 0 Å². The van der Waals surface area contributed by atoms with Crippen molar-refractivity contribution in [2.45, 2.75) is 19.6 Å². The van der Waals surface area contributed by atoms with E-state index >= 15 is 0 Å². The van der Waals surface area contributed by atoms with Gasteiger partial charge in [-0.1, -0.05) is 18.2 Å². The van der Waals surface area contributed by atoms with E-state index in [2.05, 4.69) is 10.1 Å². The zero-order chi connectivity index (χ0) is 21.0. The first kappa shape index (κ1) is 20.2. The standard InChI is InChI=1S/C20H18F2N2O5/c1-28-16-10-12(6-7-15(16)29-20(21)22)11-23-17(25)8-9-24-18(26)13-4-2-3-5-14(13)19(24)27/h2-7,10,20H,8-9,11H2,1H3,(H,23,25). The molecule has 0 saturated carbocycles. The summed E-state index contributed by atoms with van der Waals surface area (Å²) in [5.41, 5.74) is 1.27. The normalized spacial score (nSPS) is 12.9. The summed E-state index contributed by atoms with van der Waals surface area (Å²) in [7, 11) is 1.32. The molecule has 152 valence electrons. The molecule has 3 rings (SSSR count). The number of halogens is 2. The number of nitrogens with one attached hydrogen (secondary N) is 1. The van der Waals surface area contributed by atoms with E-state index in [-0.39, 0.29) is 36.9 Å². The number of amides is 3. The first-order valence-corrected chi connectivity index (χ1v) is 8.74. The maximum atomic E-state index is 12.4. The Balaban J connectivity index is 1.53. The highest BCUT2D eigenvalue weighted by molar-refractivity contribution is 6.21. The maximum absolute atomic E-state index is 12.4. The number of imide groups is 1. The molecule has 0 spiro atoms. The third-order valence-corrected chi connectivity index (χ3v) is 4.37. The third-order valence-electron chi connectivity index (χ3n) is 4.37. The summed E-state index contributed by atoms with van der Waals surface area (Å²) >= 11 is 0. The molecule has 0 aromatic heterocycles. The minimum Gasteiger partial charge on any atom is -0.493 e. The van der Waals surface area contributed by atoms with Crippen LogP contribution in [0, 0.1) is 0 Å². The Morgan fingerprint density at radius 2 is 1.72 bits per heavy atom. The van der Waals surface area contributed by atoms with Gasteiger partial charge in [-0.15, -0.1) is 0 Å². The van der Waals surface area contributed by atoms with E-state index in [0.29, 0.717) is 16.7 Å². The summed E-state index contributed by atoms with van der Waals surface area (Å²) in [4.78, 5) is 37.7. The van der Waals surface area contributed by atoms with Crippen molar-refractivity contribution < 1.29 is 32.6 Å². The van der Waals surface area contributed by atoms with Gasteiger partial charge in [0.25, 0.3) is 11.8 Å². The first-order chi connectivity index (χ1) is 13.9. The summed E-state index contributed by atoms with van der Waals surface area (Å²) in [5.74, 6) is -1.20. The van der Waals surface area contributed by atoms with Crippen molar-refractivity contribution in [3.63, 3.8) is 0 Å². The minimum absolute atomic E-state index is 0.0390. The van der Waals surface area contributed by atoms with Crippen LogP contribution in [-0.4, -0.2) is 42.9 Å². The zero-order valence-electron chi connectivity index (χ0n) is 15.5. The fourth-order valence-corrected chi connectivity index (χ4v) is 2.96. The lowest BCUT2D eigenvalue weighted by Crippen LogP contribution is -2.34. The molecule has 29 heavy (non-hydrogen) atoms. The summed E-state index contributed by atoms with van der Waals surface area (Å²) in [6, 6.07) is 10.8. The second-order valence-corrected chi connectivity index (χ2v) is 6.20. The third kappa shape index (κ3) is 4.50. The lowest BCUT2D eigenvalue weighted by molar-refractivity contribution is -0.121. The Morgan fingerprint density at radius 1 is 1.07 bits per heavy atom. The summed E-state index contributed by atoms with van der Waals surface area (Å²) in [6.07, 6.45) is -0.0603. The second kappa shape index (κ2) is 8.68. The summed E-state index contributed by atoms with van der Waals surface area (Å²) < 4.78 is 34.1. The van der Waals surface area contributed by atoms with Crippen LogP contribution >= 0.6 is 0 Å². The lowest BCUT2D eigenvalue weighted by atomic mass is 10.1. The molecule has 3 amide bonds. The number of carbonyl (C=O) groups excluding carboxylic acids is 3. The fourth-order valence-electron chi connectivity index (χ4n) is 2.96. The Labute approximate surface area is 165 Å². The van der Waals surface area contributed by atoms with Crippen LogP contribution in [0.3, 0.4) is 0 Å². The number of benzene rings is 2. The summed E-state index contributed by atoms with van der Waals surface area (Å²) in [5, 5.41) is 2.65.